The maximum atomic E-state index is 11.8. The van der Waals surface area contributed by atoms with Gasteiger partial charge in [0.2, 0.25) is 5.91 Å². The molecule has 0 aliphatic carbocycles. The molecule has 1 heterocycles. The zero-order valence-corrected chi connectivity index (χ0v) is 8.72. The lowest BCUT2D eigenvalue weighted by Crippen LogP contribution is -2.37. The number of aromatic hydroxyl groups is 1. The normalized spacial score (nSPS) is 24.3. The van der Waals surface area contributed by atoms with Crippen molar-refractivity contribution in [2.45, 2.75) is 6.04 Å². The van der Waals surface area contributed by atoms with Crippen LogP contribution >= 0.6 is 0 Å². The fourth-order valence-corrected chi connectivity index (χ4v) is 1.65. The third kappa shape index (κ3) is 2.15. The van der Waals surface area contributed by atoms with Crippen molar-refractivity contribution in [2.75, 3.05) is 18.5 Å². The SMILES string of the molecule is NC1COCC1C(=O)Nc1ccccc1O. The number of phenols is 1. The zero-order valence-electron chi connectivity index (χ0n) is 8.72. The highest BCUT2D eigenvalue weighted by Crippen LogP contribution is 2.23. The number of rotatable bonds is 2. The van der Waals surface area contributed by atoms with Crippen molar-refractivity contribution in [1.29, 1.82) is 0 Å². The molecule has 0 bridgehead atoms. The number of hydrogen-bond donors (Lipinski definition) is 3. The fraction of sp³-hybridized carbons (Fsp3) is 0.364. The van der Waals surface area contributed by atoms with Gasteiger partial charge in [-0.1, -0.05) is 12.1 Å². The molecule has 2 atom stereocenters. The number of ether oxygens (including phenoxy) is 1. The average molecular weight is 222 g/mol. The van der Waals surface area contributed by atoms with Crippen molar-refractivity contribution in [2.24, 2.45) is 11.7 Å². The van der Waals surface area contributed by atoms with Crippen LogP contribution in [-0.4, -0.2) is 30.3 Å². The van der Waals surface area contributed by atoms with Crippen molar-refractivity contribution in [3.8, 4) is 5.75 Å². The molecular formula is C11H14N2O3. The molecule has 1 aliphatic heterocycles. The number of phenolic OH excluding ortho intramolecular Hbond substituents is 1. The average Bonchev–Trinajstić information content (AvgIpc) is 2.68. The van der Waals surface area contributed by atoms with Gasteiger partial charge < -0.3 is 20.9 Å². The van der Waals surface area contributed by atoms with Gasteiger partial charge in [0.05, 0.1) is 24.8 Å². The lowest BCUT2D eigenvalue weighted by Gasteiger charge is -2.13. The van der Waals surface area contributed by atoms with E-state index in [0.29, 0.717) is 18.9 Å². The highest BCUT2D eigenvalue weighted by atomic mass is 16.5. The third-order valence-electron chi connectivity index (χ3n) is 2.62. The van der Waals surface area contributed by atoms with Gasteiger partial charge >= 0.3 is 0 Å². The second-order valence-electron chi connectivity index (χ2n) is 3.81. The molecule has 0 saturated carbocycles. The van der Waals surface area contributed by atoms with Gasteiger partial charge in [0.25, 0.3) is 0 Å². The van der Waals surface area contributed by atoms with Gasteiger partial charge in [0.1, 0.15) is 5.75 Å². The number of nitrogens with two attached hydrogens (primary N) is 1. The largest absolute Gasteiger partial charge is 0.506 e. The molecule has 1 amide bonds. The summed E-state index contributed by atoms with van der Waals surface area (Å²) in [4.78, 5) is 11.8. The minimum absolute atomic E-state index is 0.0448. The molecule has 5 nitrogen and oxygen atoms in total. The maximum absolute atomic E-state index is 11.8. The Balaban J connectivity index is 2.05. The van der Waals surface area contributed by atoms with Crippen LogP contribution in [-0.2, 0) is 9.53 Å². The number of carbonyl (C=O) groups excluding carboxylic acids is 1. The molecule has 2 unspecified atom stereocenters. The second kappa shape index (κ2) is 4.51. The smallest absolute Gasteiger partial charge is 0.231 e. The van der Waals surface area contributed by atoms with Crippen molar-refractivity contribution >= 4 is 11.6 Å². The lowest BCUT2D eigenvalue weighted by atomic mass is 10.0. The quantitative estimate of drug-likeness (QED) is 0.628. The molecule has 86 valence electrons. The Kier molecular flexibility index (Phi) is 3.07. The number of carbonyl (C=O) groups is 1. The van der Waals surface area contributed by atoms with Crippen LogP contribution in [0.25, 0.3) is 0 Å². The first-order valence-electron chi connectivity index (χ1n) is 5.10. The van der Waals surface area contributed by atoms with Crippen LogP contribution < -0.4 is 11.1 Å². The molecule has 0 spiro atoms. The van der Waals surface area contributed by atoms with E-state index in [0.717, 1.165) is 0 Å². The number of amides is 1. The summed E-state index contributed by atoms with van der Waals surface area (Å²) in [5.41, 5.74) is 6.12. The molecular weight excluding hydrogens is 208 g/mol. The highest BCUT2D eigenvalue weighted by molar-refractivity contribution is 5.94. The molecule has 5 heteroatoms. The Morgan fingerprint density at radius 2 is 2.19 bits per heavy atom. The number of para-hydroxylation sites is 2. The van der Waals surface area contributed by atoms with E-state index >= 15 is 0 Å². The summed E-state index contributed by atoms with van der Waals surface area (Å²) < 4.78 is 5.11. The molecule has 16 heavy (non-hydrogen) atoms. The highest BCUT2D eigenvalue weighted by Gasteiger charge is 2.31. The molecule has 4 N–H and O–H groups in total. The molecule has 1 aromatic carbocycles. The van der Waals surface area contributed by atoms with Gasteiger partial charge in [-0.25, -0.2) is 0 Å². The van der Waals surface area contributed by atoms with Crippen molar-refractivity contribution in [3.63, 3.8) is 0 Å². The van der Waals surface area contributed by atoms with Crippen LogP contribution in [0.2, 0.25) is 0 Å². The Morgan fingerprint density at radius 1 is 1.44 bits per heavy atom. The molecule has 0 radical (unpaired) electrons. The first-order chi connectivity index (χ1) is 7.68. The zero-order chi connectivity index (χ0) is 11.5. The number of anilines is 1. The first-order valence-corrected chi connectivity index (χ1v) is 5.10. The fourth-order valence-electron chi connectivity index (χ4n) is 1.65. The number of benzene rings is 1. The van der Waals surface area contributed by atoms with E-state index in [4.69, 9.17) is 10.5 Å². The summed E-state index contributed by atoms with van der Waals surface area (Å²) in [7, 11) is 0. The van der Waals surface area contributed by atoms with Gasteiger partial charge in [-0.05, 0) is 12.1 Å². The monoisotopic (exact) mass is 222 g/mol. The number of hydrogen-bond acceptors (Lipinski definition) is 4. The molecule has 0 aromatic heterocycles. The van der Waals surface area contributed by atoms with Crippen molar-refractivity contribution in [1.82, 2.24) is 0 Å². The van der Waals surface area contributed by atoms with E-state index in [9.17, 15) is 9.90 Å². The van der Waals surface area contributed by atoms with Crippen LogP contribution in [0.15, 0.2) is 24.3 Å². The summed E-state index contributed by atoms with van der Waals surface area (Å²) >= 11 is 0. The minimum atomic E-state index is -0.348. The van der Waals surface area contributed by atoms with Crippen molar-refractivity contribution in [3.05, 3.63) is 24.3 Å². The van der Waals surface area contributed by atoms with E-state index in [2.05, 4.69) is 5.32 Å². The summed E-state index contributed by atoms with van der Waals surface area (Å²) in [5, 5.41) is 12.1. The van der Waals surface area contributed by atoms with E-state index in [1.165, 1.54) is 6.07 Å². The Labute approximate surface area is 93.2 Å². The Morgan fingerprint density at radius 3 is 2.81 bits per heavy atom. The van der Waals surface area contributed by atoms with E-state index in [-0.39, 0.29) is 23.6 Å². The van der Waals surface area contributed by atoms with E-state index < -0.39 is 0 Å². The van der Waals surface area contributed by atoms with Gasteiger partial charge in [0, 0.05) is 6.04 Å². The van der Waals surface area contributed by atoms with Crippen LogP contribution in [0, 0.1) is 5.92 Å². The molecule has 1 aliphatic rings. The summed E-state index contributed by atoms with van der Waals surface area (Å²) in [6.07, 6.45) is 0. The molecule has 1 saturated heterocycles. The summed E-state index contributed by atoms with van der Waals surface area (Å²) in [6, 6.07) is 6.30. The lowest BCUT2D eigenvalue weighted by molar-refractivity contribution is -0.120. The predicted molar refractivity (Wildman–Crippen MR) is 59.0 cm³/mol. The van der Waals surface area contributed by atoms with Crippen LogP contribution in [0.4, 0.5) is 5.69 Å². The molecule has 1 aromatic rings. The third-order valence-corrected chi connectivity index (χ3v) is 2.62. The van der Waals surface area contributed by atoms with Gasteiger partial charge in [-0.15, -0.1) is 0 Å². The molecule has 1 fully saturated rings. The van der Waals surface area contributed by atoms with E-state index in [1.54, 1.807) is 18.2 Å². The summed E-state index contributed by atoms with van der Waals surface area (Å²) in [6.45, 7) is 0.736. The topological polar surface area (TPSA) is 84.6 Å². The first kappa shape index (κ1) is 10.9. The van der Waals surface area contributed by atoms with Gasteiger partial charge in [-0.2, -0.15) is 0 Å². The second-order valence-corrected chi connectivity index (χ2v) is 3.81. The molecule has 2 rings (SSSR count). The van der Waals surface area contributed by atoms with Gasteiger partial charge in [-0.3, -0.25) is 4.79 Å². The van der Waals surface area contributed by atoms with Gasteiger partial charge in [0.15, 0.2) is 0 Å². The van der Waals surface area contributed by atoms with E-state index in [1.807, 2.05) is 0 Å². The van der Waals surface area contributed by atoms with Crippen LogP contribution in [0.1, 0.15) is 0 Å². The maximum Gasteiger partial charge on any atom is 0.231 e. The summed E-state index contributed by atoms with van der Waals surface area (Å²) in [5.74, 6) is -0.519. The minimum Gasteiger partial charge on any atom is -0.506 e. The standard InChI is InChI=1S/C11H14N2O3/c12-8-6-16-5-7(8)11(15)13-9-3-1-2-4-10(9)14/h1-4,7-8,14H,5-6,12H2,(H,13,15). The van der Waals surface area contributed by atoms with Crippen molar-refractivity contribution < 1.29 is 14.6 Å². The predicted octanol–water partition coefficient (Wildman–Crippen LogP) is 0.304. The Hall–Kier alpha value is -1.59. The number of nitrogens with one attached hydrogen (secondary N) is 1. The van der Waals surface area contributed by atoms with Crippen LogP contribution in [0.3, 0.4) is 0 Å². The van der Waals surface area contributed by atoms with Crippen LogP contribution in [0.5, 0.6) is 5.75 Å². The Bertz CT molecular complexity index is 395.